The highest BCUT2D eigenvalue weighted by Crippen LogP contribution is 2.62. The Balaban J connectivity index is 1.62. The van der Waals surface area contributed by atoms with Crippen molar-refractivity contribution in [3.8, 4) is 0 Å². The smallest absolute Gasteiger partial charge is 0.385 e. The standard InChI is InChI=1S/C23H40N7O16P3/c1-12(2)5-7-25-13(31)6-8-26-20(34)17(33)23(3,4)9-42-48(38,39)46-49(40,41)45-22-16(44-47(35,36)37)15(32)21(43-22)30-11-29-14-18(24)27-10-28-19(14)30/h10-12,15-17,21-22,32-33H,5-9H2,1-4H3,(H,25,31)(H,26,34)(H,38,39)(H,40,41)(H2,24,27,28)(H2,35,36,37)/t15-,16+,17+,21?,22-/m1/s1. The highest BCUT2D eigenvalue weighted by atomic mass is 31.3. The van der Waals surface area contributed by atoms with Gasteiger partial charge in [0.1, 0.15) is 24.1 Å². The molecule has 3 unspecified atom stereocenters. The lowest BCUT2D eigenvalue weighted by Crippen LogP contribution is -2.46. The zero-order valence-electron chi connectivity index (χ0n) is 26.6. The molecule has 3 rings (SSSR count). The van der Waals surface area contributed by atoms with Crippen molar-refractivity contribution in [3.05, 3.63) is 12.7 Å². The van der Waals surface area contributed by atoms with E-state index in [9.17, 15) is 53.1 Å². The number of phosphoric ester groups is 3. The van der Waals surface area contributed by atoms with Crippen LogP contribution in [0.2, 0.25) is 0 Å². The number of rotatable bonds is 18. The number of fused-ring (bicyclic) bond motifs is 1. The lowest BCUT2D eigenvalue weighted by Gasteiger charge is -2.30. The highest BCUT2D eigenvalue weighted by Gasteiger charge is 2.53. The molecule has 1 fully saturated rings. The molecule has 0 saturated carbocycles. The Hall–Kier alpha value is -2.46. The van der Waals surface area contributed by atoms with Gasteiger partial charge < -0.3 is 50.9 Å². The van der Waals surface area contributed by atoms with E-state index in [1.807, 2.05) is 13.8 Å². The van der Waals surface area contributed by atoms with Crippen LogP contribution >= 0.6 is 23.5 Å². The third kappa shape index (κ3) is 11.8. The number of carbonyl (C=O) groups excluding carboxylic acids is 2. The number of nitrogens with zero attached hydrogens (tertiary/aromatic N) is 4. The van der Waals surface area contributed by atoms with Crippen LogP contribution in [0.25, 0.3) is 11.2 Å². The second kappa shape index (κ2) is 16.3. The molecule has 23 nitrogen and oxygen atoms in total. The van der Waals surface area contributed by atoms with E-state index in [1.165, 1.54) is 13.8 Å². The second-order valence-electron chi connectivity index (χ2n) is 11.9. The molecule has 1 saturated heterocycles. The number of ether oxygens (including phenoxy) is 1. The van der Waals surface area contributed by atoms with Crippen molar-refractivity contribution >= 4 is 52.3 Å². The summed E-state index contributed by atoms with van der Waals surface area (Å²) >= 11 is 0. The molecule has 7 atom stereocenters. The van der Waals surface area contributed by atoms with E-state index in [1.54, 1.807) is 0 Å². The van der Waals surface area contributed by atoms with Gasteiger partial charge in [0.05, 0.1) is 12.9 Å². The van der Waals surface area contributed by atoms with E-state index in [0.29, 0.717) is 12.5 Å². The number of aliphatic hydroxyl groups is 2. The Bertz CT molecular complexity index is 1620. The Morgan fingerprint density at radius 2 is 1.73 bits per heavy atom. The molecule has 2 aromatic rings. The summed E-state index contributed by atoms with van der Waals surface area (Å²) in [4.78, 5) is 75.1. The third-order valence-electron chi connectivity index (χ3n) is 6.82. The Kier molecular flexibility index (Phi) is 13.6. The minimum atomic E-state index is -5.77. The van der Waals surface area contributed by atoms with Crippen molar-refractivity contribution < 1.29 is 75.7 Å². The average Bonchev–Trinajstić information content (AvgIpc) is 3.51. The van der Waals surface area contributed by atoms with Crippen molar-refractivity contribution in [2.75, 3.05) is 25.4 Å². The van der Waals surface area contributed by atoms with Gasteiger partial charge in [0.2, 0.25) is 18.1 Å². The van der Waals surface area contributed by atoms with E-state index in [0.717, 1.165) is 23.6 Å². The number of nitrogens with two attached hydrogens (primary N) is 1. The van der Waals surface area contributed by atoms with Crippen LogP contribution in [-0.2, 0) is 45.9 Å². The summed E-state index contributed by atoms with van der Waals surface area (Å²) in [6.07, 6.45) is -7.36. The summed E-state index contributed by atoms with van der Waals surface area (Å²) in [7, 11) is -16.8. The summed E-state index contributed by atoms with van der Waals surface area (Å²) in [5, 5.41) is 26.3. The van der Waals surface area contributed by atoms with Crippen molar-refractivity contribution in [2.45, 2.75) is 71.4 Å². The largest absolute Gasteiger partial charge is 0.483 e. The molecule has 26 heteroatoms. The predicted octanol–water partition coefficient (Wildman–Crippen LogP) is -0.591. The van der Waals surface area contributed by atoms with Gasteiger partial charge >= 0.3 is 23.5 Å². The average molecular weight is 764 g/mol. The lowest BCUT2D eigenvalue weighted by molar-refractivity contribution is -0.137. The van der Waals surface area contributed by atoms with Gasteiger partial charge in [0.25, 0.3) is 0 Å². The van der Waals surface area contributed by atoms with Crippen LogP contribution in [-0.4, -0.2) is 105 Å². The van der Waals surface area contributed by atoms with Crippen LogP contribution in [0.1, 0.15) is 46.8 Å². The maximum Gasteiger partial charge on any atom is 0.483 e. The number of aliphatic hydroxyl groups excluding tert-OH is 2. The van der Waals surface area contributed by atoms with Crippen LogP contribution in [0, 0.1) is 11.3 Å². The van der Waals surface area contributed by atoms with Gasteiger partial charge in [-0.25, -0.2) is 28.6 Å². The first-order chi connectivity index (χ1) is 22.5. The molecular weight excluding hydrogens is 723 g/mol. The number of amides is 2. The van der Waals surface area contributed by atoms with Crippen LogP contribution in [0.5, 0.6) is 0 Å². The Morgan fingerprint density at radius 3 is 2.37 bits per heavy atom. The van der Waals surface area contributed by atoms with Gasteiger partial charge in [-0.05, 0) is 12.3 Å². The fourth-order valence-corrected chi connectivity index (χ4v) is 7.09. The van der Waals surface area contributed by atoms with E-state index in [-0.39, 0.29) is 35.9 Å². The normalized spacial score (nSPS) is 23.2. The van der Waals surface area contributed by atoms with Crippen molar-refractivity contribution in [1.82, 2.24) is 30.2 Å². The van der Waals surface area contributed by atoms with Crippen molar-refractivity contribution in [2.24, 2.45) is 11.3 Å². The number of imidazole rings is 1. The van der Waals surface area contributed by atoms with E-state index >= 15 is 0 Å². The zero-order valence-corrected chi connectivity index (χ0v) is 29.3. The number of nitrogen functional groups attached to an aromatic ring is 1. The van der Waals surface area contributed by atoms with Crippen LogP contribution in [0.15, 0.2) is 12.7 Å². The molecular formula is C23H40N7O16P3. The molecule has 3 heterocycles. The quantitative estimate of drug-likeness (QED) is 0.0856. The predicted molar refractivity (Wildman–Crippen MR) is 164 cm³/mol. The molecule has 0 aliphatic carbocycles. The summed E-state index contributed by atoms with van der Waals surface area (Å²) in [6, 6.07) is 0. The fourth-order valence-electron chi connectivity index (χ4n) is 4.23. The maximum atomic E-state index is 12.8. The minimum absolute atomic E-state index is 0.0371. The second-order valence-corrected chi connectivity index (χ2v) is 16.1. The summed E-state index contributed by atoms with van der Waals surface area (Å²) in [5.74, 6) is -0.966. The molecule has 1 aliphatic heterocycles. The molecule has 0 aromatic carbocycles. The molecule has 0 radical (unpaired) electrons. The number of nitrogens with one attached hydrogen (secondary N) is 2. The minimum Gasteiger partial charge on any atom is -0.385 e. The first-order valence-electron chi connectivity index (χ1n) is 14.4. The van der Waals surface area contributed by atoms with Crippen LogP contribution < -0.4 is 16.4 Å². The number of hydrogen-bond donors (Lipinski definition) is 9. The van der Waals surface area contributed by atoms with Crippen molar-refractivity contribution in [3.63, 3.8) is 0 Å². The number of phosphoric acid groups is 3. The van der Waals surface area contributed by atoms with Crippen molar-refractivity contribution in [1.29, 1.82) is 0 Å². The molecule has 1 aliphatic rings. The molecule has 0 bridgehead atoms. The fraction of sp³-hybridized carbons (Fsp3) is 0.696. The maximum absolute atomic E-state index is 12.8. The molecule has 2 amide bonds. The summed E-state index contributed by atoms with van der Waals surface area (Å²) in [6.45, 7) is 5.91. The Labute approximate surface area is 278 Å². The topological polar surface area (TPSA) is 347 Å². The molecule has 278 valence electrons. The summed E-state index contributed by atoms with van der Waals surface area (Å²) in [5.41, 5.74) is 4.13. The third-order valence-corrected chi connectivity index (χ3v) is 9.92. The van der Waals surface area contributed by atoms with Crippen LogP contribution in [0.3, 0.4) is 0 Å². The zero-order chi connectivity index (χ0) is 36.9. The SMILES string of the molecule is CC(C)CCNC(=O)CCNC(=O)[C@H](O)C(C)(C)COP(=O)(O)OP(=O)(O)O[C@H]1OC(n2cnc3c(N)ncnc32)[C@H](O)[C@@H]1OP(=O)(O)O. The molecule has 0 spiro atoms. The van der Waals surface area contributed by atoms with Gasteiger partial charge in [0.15, 0.2) is 23.8 Å². The monoisotopic (exact) mass is 763 g/mol. The van der Waals surface area contributed by atoms with Gasteiger partial charge in [-0.1, -0.05) is 27.7 Å². The van der Waals surface area contributed by atoms with Gasteiger partial charge in [-0.2, -0.15) is 4.31 Å². The molecule has 10 N–H and O–H groups in total. The number of anilines is 1. The number of carbonyl (C=O) groups is 2. The highest BCUT2D eigenvalue weighted by molar-refractivity contribution is 7.61. The molecule has 2 aromatic heterocycles. The Morgan fingerprint density at radius 1 is 1.06 bits per heavy atom. The lowest BCUT2D eigenvalue weighted by atomic mass is 9.87. The number of aromatic nitrogens is 4. The number of hydrogen-bond acceptors (Lipinski definition) is 16. The molecule has 49 heavy (non-hydrogen) atoms. The van der Waals surface area contributed by atoms with E-state index < -0.39 is 72.2 Å². The first kappa shape index (κ1) is 41.0. The first-order valence-corrected chi connectivity index (χ1v) is 19.0. The van der Waals surface area contributed by atoms with Gasteiger partial charge in [-0.15, -0.1) is 0 Å². The van der Waals surface area contributed by atoms with Gasteiger partial charge in [-0.3, -0.25) is 27.7 Å². The van der Waals surface area contributed by atoms with E-state index in [4.69, 9.17) is 19.5 Å². The van der Waals surface area contributed by atoms with E-state index in [2.05, 4.69) is 34.4 Å². The summed E-state index contributed by atoms with van der Waals surface area (Å²) < 4.78 is 61.6. The van der Waals surface area contributed by atoms with Gasteiger partial charge in [0, 0.05) is 24.9 Å². The van der Waals surface area contributed by atoms with Crippen LogP contribution in [0.4, 0.5) is 5.82 Å².